The largest absolute Gasteiger partial charge is 0.489 e. The first-order chi connectivity index (χ1) is 10.6. The Morgan fingerprint density at radius 1 is 1.36 bits per heavy atom. The molecule has 1 saturated heterocycles. The molecule has 120 valence electrons. The quantitative estimate of drug-likeness (QED) is 0.877. The van der Waals surface area contributed by atoms with E-state index in [9.17, 15) is 9.90 Å². The van der Waals surface area contributed by atoms with Crippen LogP contribution in [0.3, 0.4) is 0 Å². The van der Waals surface area contributed by atoms with Gasteiger partial charge in [-0.15, -0.1) is 0 Å². The fraction of sp³-hybridized carbons (Fsp3) is 0.611. The average molecular weight is 303 g/mol. The summed E-state index contributed by atoms with van der Waals surface area (Å²) in [5.41, 5.74) is 1.08. The van der Waals surface area contributed by atoms with Gasteiger partial charge in [0.1, 0.15) is 11.9 Å². The van der Waals surface area contributed by atoms with Gasteiger partial charge in [0.2, 0.25) is 0 Å². The van der Waals surface area contributed by atoms with E-state index in [1.54, 1.807) is 0 Å². The molecule has 0 aromatic heterocycles. The first-order valence-electron chi connectivity index (χ1n) is 8.29. The highest BCUT2D eigenvalue weighted by Crippen LogP contribution is 2.47. The van der Waals surface area contributed by atoms with Gasteiger partial charge in [-0.25, -0.2) is 0 Å². The van der Waals surface area contributed by atoms with Crippen LogP contribution in [-0.4, -0.2) is 42.2 Å². The van der Waals surface area contributed by atoms with Crippen molar-refractivity contribution in [2.45, 2.75) is 44.1 Å². The number of hydrogen-bond donors (Lipinski definition) is 1. The fourth-order valence-corrected chi connectivity index (χ4v) is 3.51. The lowest BCUT2D eigenvalue weighted by Crippen LogP contribution is -2.38. The second-order valence-corrected chi connectivity index (χ2v) is 6.72. The van der Waals surface area contributed by atoms with Crippen LogP contribution < -0.4 is 4.74 Å². The molecule has 0 radical (unpaired) electrons. The zero-order valence-electron chi connectivity index (χ0n) is 13.2. The lowest BCUT2D eigenvalue weighted by atomic mass is 9.90. The van der Waals surface area contributed by atoms with E-state index in [-0.39, 0.29) is 18.4 Å². The molecule has 4 heteroatoms. The number of carboxylic acid groups (broad SMARTS) is 1. The van der Waals surface area contributed by atoms with Crippen molar-refractivity contribution in [2.75, 3.05) is 20.1 Å². The molecule has 0 bridgehead atoms. The smallest absolute Gasteiger partial charge is 0.303 e. The summed E-state index contributed by atoms with van der Waals surface area (Å²) in [7, 11) is 2.12. The maximum atomic E-state index is 11.2. The van der Waals surface area contributed by atoms with Crippen molar-refractivity contribution in [1.82, 2.24) is 4.90 Å². The highest BCUT2D eigenvalue weighted by Gasteiger charge is 2.35. The number of likely N-dealkylation sites (tertiary alicyclic amines) is 1. The van der Waals surface area contributed by atoms with Crippen molar-refractivity contribution in [1.29, 1.82) is 0 Å². The molecule has 2 fully saturated rings. The molecule has 1 aliphatic carbocycles. The van der Waals surface area contributed by atoms with Crippen molar-refractivity contribution in [3.63, 3.8) is 0 Å². The Balaban J connectivity index is 1.77. The molecule has 1 aromatic rings. The van der Waals surface area contributed by atoms with Crippen molar-refractivity contribution in [3.8, 4) is 5.75 Å². The second kappa shape index (κ2) is 6.69. The van der Waals surface area contributed by atoms with Crippen LogP contribution in [0, 0.1) is 5.92 Å². The minimum atomic E-state index is -0.718. The highest BCUT2D eigenvalue weighted by atomic mass is 16.5. The Morgan fingerprint density at radius 2 is 2.14 bits per heavy atom. The monoisotopic (exact) mass is 303 g/mol. The fourth-order valence-electron chi connectivity index (χ4n) is 3.51. The van der Waals surface area contributed by atoms with E-state index in [1.165, 1.54) is 0 Å². The van der Waals surface area contributed by atoms with Crippen LogP contribution >= 0.6 is 0 Å². The van der Waals surface area contributed by atoms with E-state index >= 15 is 0 Å². The topological polar surface area (TPSA) is 49.8 Å². The summed E-state index contributed by atoms with van der Waals surface area (Å²) in [6, 6.07) is 8.03. The molecule has 1 aliphatic heterocycles. The molecule has 2 aliphatic rings. The van der Waals surface area contributed by atoms with Gasteiger partial charge in [-0.2, -0.15) is 0 Å². The Hall–Kier alpha value is -1.55. The number of benzene rings is 1. The van der Waals surface area contributed by atoms with Gasteiger partial charge in [0.15, 0.2) is 0 Å². The third-order valence-corrected chi connectivity index (χ3v) is 4.78. The van der Waals surface area contributed by atoms with E-state index in [1.807, 2.05) is 24.3 Å². The minimum Gasteiger partial charge on any atom is -0.489 e. The second-order valence-electron chi connectivity index (χ2n) is 6.72. The number of nitrogens with zero attached hydrogens (tertiary/aromatic N) is 1. The minimum absolute atomic E-state index is 0.0926. The van der Waals surface area contributed by atoms with Crippen LogP contribution in [0.4, 0.5) is 0 Å². The third kappa shape index (κ3) is 3.80. The molecule has 2 atom stereocenters. The SMILES string of the molecule is CN1CCCC(Oc2ccccc2C(CC(=O)O)C2CC2)C1. The maximum Gasteiger partial charge on any atom is 0.303 e. The molecule has 2 unspecified atom stereocenters. The Morgan fingerprint density at radius 3 is 2.82 bits per heavy atom. The number of piperidine rings is 1. The number of carboxylic acids is 1. The van der Waals surface area contributed by atoms with Crippen LogP contribution in [0.2, 0.25) is 0 Å². The standard InChI is InChI=1S/C18H25NO3/c1-19-10-4-5-14(12-19)22-17-7-3-2-6-15(17)16(11-18(20)21)13-8-9-13/h2-3,6-7,13-14,16H,4-5,8-12H2,1H3,(H,20,21). The lowest BCUT2D eigenvalue weighted by molar-refractivity contribution is -0.137. The van der Waals surface area contributed by atoms with Crippen molar-refractivity contribution in [3.05, 3.63) is 29.8 Å². The number of rotatable bonds is 6. The summed E-state index contributed by atoms with van der Waals surface area (Å²) in [4.78, 5) is 13.5. The zero-order chi connectivity index (χ0) is 15.5. The first kappa shape index (κ1) is 15.3. The van der Waals surface area contributed by atoms with Gasteiger partial charge < -0.3 is 14.7 Å². The van der Waals surface area contributed by atoms with Crippen LogP contribution in [0.15, 0.2) is 24.3 Å². The Kier molecular flexibility index (Phi) is 4.67. The van der Waals surface area contributed by atoms with Crippen LogP contribution in [0.1, 0.15) is 43.6 Å². The van der Waals surface area contributed by atoms with E-state index in [2.05, 4.69) is 11.9 Å². The molecule has 4 nitrogen and oxygen atoms in total. The van der Waals surface area contributed by atoms with Gasteiger partial charge in [-0.1, -0.05) is 18.2 Å². The van der Waals surface area contributed by atoms with Gasteiger partial charge in [0.05, 0.1) is 6.42 Å². The van der Waals surface area contributed by atoms with E-state index < -0.39 is 5.97 Å². The normalized spacial score (nSPS) is 24.0. The van der Waals surface area contributed by atoms with Gasteiger partial charge in [-0.05, 0) is 56.8 Å². The predicted molar refractivity (Wildman–Crippen MR) is 85.3 cm³/mol. The predicted octanol–water partition coefficient (Wildman–Crippen LogP) is 3.13. The first-order valence-corrected chi connectivity index (χ1v) is 8.29. The molecular formula is C18H25NO3. The van der Waals surface area contributed by atoms with E-state index in [0.717, 1.165) is 50.1 Å². The molecule has 3 rings (SSSR count). The number of aliphatic carboxylic acids is 1. The summed E-state index contributed by atoms with van der Waals surface area (Å²) in [6.45, 7) is 2.08. The summed E-state index contributed by atoms with van der Waals surface area (Å²) >= 11 is 0. The molecule has 1 N–H and O–H groups in total. The number of hydrogen-bond acceptors (Lipinski definition) is 3. The van der Waals surface area contributed by atoms with Gasteiger partial charge in [0, 0.05) is 12.5 Å². The maximum absolute atomic E-state index is 11.2. The van der Waals surface area contributed by atoms with Gasteiger partial charge >= 0.3 is 5.97 Å². The van der Waals surface area contributed by atoms with Crippen LogP contribution in [-0.2, 0) is 4.79 Å². The zero-order valence-corrected chi connectivity index (χ0v) is 13.2. The third-order valence-electron chi connectivity index (χ3n) is 4.78. The van der Waals surface area contributed by atoms with E-state index in [4.69, 9.17) is 4.74 Å². The number of carbonyl (C=O) groups is 1. The molecule has 22 heavy (non-hydrogen) atoms. The Labute approximate surface area is 132 Å². The number of ether oxygens (including phenoxy) is 1. The van der Waals surface area contributed by atoms with Gasteiger partial charge in [-0.3, -0.25) is 4.79 Å². The summed E-state index contributed by atoms with van der Waals surface area (Å²) in [5.74, 6) is 0.773. The van der Waals surface area contributed by atoms with Gasteiger partial charge in [0.25, 0.3) is 0 Å². The number of likely N-dealkylation sites (N-methyl/N-ethyl adjacent to an activating group) is 1. The highest BCUT2D eigenvalue weighted by molar-refractivity contribution is 5.68. The Bertz CT molecular complexity index is 527. The summed E-state index contributed by atoms with van der Waals surface area (Å²) in [5, 5.41) is 9.22. The molecule has 0 spiro atoms. The molecule has 1 aromatic carbocycles. The lowest BCUT2D eigenvalue weighted by Gasteiger charge is -2.31. The van der Waals surface area contributed by atoms with Crippen molar-refractivity contribution < 1.29 is 14.6 Å². The van der Waals surface area contributed by atoms with Crippen LogP contribution in [0.5, 0.6) is 5.75 Å². The average Bonchev–Trinajstić information content (AvgIpc) is 3.30. The van der Waals surface area contributed by atoms with Crippen molar-refractivity contribution >= 4 is 5.97 Å². The molecule has 0 amide bonds. The van der Waals surface area contributed by atoms with Crippen LogP contribution in [0.25, 0.3) is 0 Å². The molecule has 1 saturated carbocycles. The summed E-state index contributed by atoms with van der Waals surface area (Å²) in [6.07, 6.45) is 4.92. The van der Waals surface area contributed by atoms with E-state index in [0.29, 0.717) is 5.92 Å². The van der Waals surface area contributed by atoms with Crippen molar-refractivity contribution in [2.24, 2.45) is 5.92 Å². The molecular weight excluding hydrogens is 278 g/mol. The number of para-hydroxylation sites is 1. The molecule has 1 heterocycles. The summed E-state index contributed by atoms with van der Waals surface area (Å²) < 4.78 is 6.26.